The molecule has 130 valence electrons. The lowest BCUT2D eigenvalue weighted by atomic mass is 10.2. The molecule has 0 bridgehead atoms. The van der Waals surface area contributed by atoms with Crippen LogP contribution in [0, 0.1) is 5.82 Å². The van der Waals surface area contributed by atoms with Gasteiger partial charge in [0.05, 0.1) is 12.1 Å². The second kappa shape index (κ2) is 9.11. The number of rotatable bonds is 8. The van der Waals surface area contributed by atoms with E-state index < -0.39 is 0 Å². The molecular formula is C18H20Cl2FNO2. The summed E-state index contributed by atoms with van der Waals surface area (Å²) in [5.74, 6) is 0.723. The van der Waals surface area contributed by atoms with E-state index in [1.807, 2.05) is 6.07 Å². The Morgan fingerprint density at radius 2 is 1.79 bits per heavy atom. The predicted octanol–water partition coefficient (Wildman–Crippen LogP) is 5.22. The lowest BCUT2D eigenvalue weighted by molar-refractivity contribution is 0.284. The van der Waals surface area contributed by atoms with Crippen LogP contribution in [0.5, 0.6) is 11.5 Å². The van der Waals surface area contributed by atoms with Gasteiger partial charge in [-0.25, -0.2) is 4.39 Å². The van der Waals surface area contributed by atoms with E-state index in [0.29, 0.717) is 33.7 Å². The minimum atomic E-state index is -0.381. The maximum Gasteiger partial charge on any atom is 0.163 e. The molecule has 0 saturated heterocycles. The Morgan fingerprint density at radius 1 is 1.04 bits per heavy atom. The SMILES string of the molecule is CCCNCc1cc(OC)c(OCc2ccc(F)cc2Cl)cc1Cl. The van der Waals surface area contributed by atoms with Crippen LogP contribution in [0.4, 0.5) is 4.39 Å². The fourth-order valence-corrected chi connectivity index (χ4v) is 2.62. The van der Waals surface area contributed by atoms with Gasteiger partial charge in [0.2, 0.25) is 0 Å². The van der Waals surface area contributed by atoms with Gasteiger partial charge >= 0.3 is 0 Å². The van der Waals surface area contributed by atoms with Crippen molar-refractivity contribution in [1.29, 1.82) is 0 Å². The molecule has 1 N–H and O–H groups in total. The van der Waals surface area contributed by atoms with Crippen molar-refractivity contribution in [2.75, 3.05) is 13.7 Å². The van der Waals surface area contributed by atoms with Crippen molar-refractivity contribution in [2.45, 2.75) is 26.5 Å². The number of nitrogens with one attached hydrogen (secondary N) is 1. The highest BCUT2D eigenvalue weighted by Crippen LogP contribution is 2.34. The minimum Gasteiger partial charge on any atom is -0.493 e. The monoisotopic (exact) mass is 371 g/mol. The first-order valence-corrected chi connectivity index (χ1v) is 8.44. The van der Waals surface area contributed by atoms with E-state index in [1.165, 1.54) is 12.1 Å². The molecule has 2 aromatic rings. The van der Waals surface area contributed by atoms with Crippen LogP contribution in [-0.4, -0.2) is 13.7 Å². The number of hydrogen-bond acceptors (Lipinski definition) is 3. The van der Waals surface area contributed by atoms with Gasteiger partial charge in [0, 0.05) is 23.2 Å². The summed E-state index contributed by atoms with van der Waals surface area (Å²) in [6, 6.07) is 7.77. The van der Waals surface area contributed by atoms with Gasteiger partial charge in [-0.15, -0.1) is 0 Å². The maximum absolute atomic E-state index is 13.1. The number of ether oxygens (including phenoxy) is 2. The molecule has 0 radical (unpaired) electrons. The highest BCUT2D eigenvalue weighted by molar-refractivity contribution is 6.31. The first kappa shape index (κ1) is 18.8. The van der Waals surface area contributed by atoms with Gasteiger partial charge in [-0.1, -0.05) is 36.2 Å². The molecule has 6 heteroatoms. The van der Waals surface area contributed by atoms with Crippen LogP contribution in [0.3, 0.4) is 0 Å². The molecule has 24 heavy (non-hydrogen) atoms. The molecular weight excluding hydrogens is 352 g/mol. The first-order chi connectivity index (χ1) is 11.5. The molecule has 0 atom stereocenters. The third kappa shape index (κ3) is 5.00. The first-order valence-electron chi connectivity index (χ1n) is 7.69. The van der Waals surface area contributed by atoms with E-state index >= 15 is 0 Å². The average Bonchev–Trinajstić information content (AvgIpc) is 2.56. The Bertz CT molecular complexity index is 695. The Morgan fingerprint density at radius 3 is 2.46 bits per heavy atom. The highest BCUT2D eigenvalue weighted by atomic mass is 35.5. The van der Waals surface area contributed by atoms with Gasteiger partial charge in [0.15, 0.2) is 11.5 Å². The molecule has 0 amide bonds. The Labute approximate surface area is 151 Å². The number of hydrogen-bond donors (Lipinski definition) is 1. The molecule has 0 saturated carbocycles. The van der Waals surface area contributed by atoms with Crippen molar-refractivity contribution in [1.82, 2.24) is 5.32 Å². The average molecular weight is 372 g/mol. The number of benzene rings is 2. The Hall–Kier alpha value is -1.49. The van der Waals surface area contributed by atoms with Crippen LogP contribution in [0.25, 0.3) is 0 Å². The minimum absolute atomic E-state index is 0.194. The van der Waals surface area contributed by atoms with Crippen LogP contribution >= 0.6 is 23.2 Å². The second-order valence-corrected chi connectivity index (χ2v) is 6.11. The van der Waals surface area contributed by atoms with Crippen molar-refractivity contribution in [3.63, 3.8) is 0 Å². The van der Waals surface area contributed by atoms with Gasteiger partial charge in [-0.05, 0) is 36.7 Å². The normalized spacial score (nSPS) is 10.7. The molecule has 0 aliphatic rings. The third-order valence-corrected chi connectivity index (χ3v) is 4.18. The number of methoxy groups -OCH3 is 1. The Balaban J connectivity index is 2.13. The summed E-state index contributed by atoms with van der Waals surface area (Å²) in [4.78, 5) is 0. The summed E-state index contributed by atoms with van der Waals surface area (Å²) in [5, 5.41) is 4.22. The fourth-order valence-electron chi connectivity index (χ4n) is 2.18. The van der Waals surface area contributed by atoms with Crippen LogP contribution in [0.2, 0.25) is 10.0 Å². The zero-order valence-corrected chi connectivity index (χ0v) is 15.2. The molecule has 0 aromatic heterocycles. The van der Waals surface area contributed by atoms with Gasteiger partial charge < -0.3 is 14.8 Å². The van der Waals surface area contributed by atoms with Gasteiger partial charge in [0.25, 0.3) is 0 Å². The van der Waals surface area contributed by atoms with E-state index in [4.69, 9.17) is 32.7 Å². The van der Waals surface area contributed by atoms with Crippen molar-refractivity contribution in [3.8, 4) is 11.5 Å². The molecule has 0 heterocycles. The van der Waals surface area contributed by atoms with Crippen LogP contribution in [-0.2, 0) is 13.2 Å². The molecule has 0 unspecified atom stereocenters. The summed E-state index contributed by atoms with van der Waals surface area (Å²) in [6.45, 7) is 3.87. The zero-order chi connectivity index (χ0) is 17.5. The molecule has 0 aliphatic heterocycles. The fraction of sp³-hybridized carbons (Fsp3) is 0.333. The van der Waals surface area contributed by atoms with E-state index in [2.05, 4.69) is 12.2 Å². The predicted molar refractivity (Wildman–Crippen MR) is 95.7 cm³/mol. The van der Waals surface area contributed by atoms with Crippen molar-refractivity contribution < 1.29 is 13.9 Å². The Kier molecular flexibility index (Phi) is 7.16. The van der Waals surface area contributed by atoms with Crippen molar-refractivity contribution in [3.05, 3.63) is 57.3 Å². The zero-order valence-electron chi connectivity index (χ0n) is 13.7. The molecule has 3 nitrogen and oxygen atoms in total. The van der Waals surface area contributed by atoms with Crippen LogP contribution < -0.4 is 14.8 Å². The van der Waals surface area contributed by atoms with E-state index in [9.17, 15) is 4.39 Å². The lowest BCUT2D eigenvalue weighted by Gasteiger charge is -2.15. The maximum atomic E-state index is 13.1. The summed E-state index contributed by atoms with van der Waals surface area (Å²) >= 11 is 12.3. The summed E-state index contributed by atoms with van der Waals surface area (Å²) in [5.41, 5.74) is 1.62. The summed E-state index contributed by atoms with van der Waals surface area (Å²) in [7, 11) is 1.57. The molecule has 2 rings (SSSR count). The third-order valence-electron chi connectivity index (χ3n) is 3.47. The molecule has 0 fully saturated rings. The van der Waals surface area contributed by atoms with Crippen LogP contribution in [0.15, 0.2) is 30.3 Å². The topological polar surface area (TPSA) is 30.5 Å². The van der Waals surface area contributed by atoms with Crippen molar-refractivity contribution in [2.24, 2.45) is 0 Å². The van der Waals surface area contributed by atoms with E-state index in [-0.39, 0.29) is 12.4 Å². The second-order valence-electron chi connectivity index (χ2n) is 5.30. The largest absolute Gasteiger partial charge is 0.493 e. The van der Waals surface area contributed by atoms with Crippen LogP contribution in [0.1, 0.15) is 24.5 Å². The highest BCUT2D eigenvalue weighted by Gasteiger charge is 2.12. The lowest BCUT2D eigenvalue weighted by Crippen LogP contribution is -2.14. The van der Waals surface area contributed by atoms with Gasteiger partial charge in [-0.2, -0.15) is 0 Å². The van der Waals surface area contributed by atoms with E-state index in [0.717, 1.165) is 18.5 Å². The smallest absolute Gasteiger partial charge is 0.163 e. The quantitative estimate of drug-likeness (QED) is 0.645. The number of halogens is 3. The van der Waals surface area contributed by atoms with Crippen molar-refractivity contribution >= 4 is 23.2 Å². The standard InChI is InChI=1S/C18H20Cl2FNO2/c1-3-6-22-10-13-7-17(23-2)18(9-16(13)20)24-11-12-4-5-14(21)8-15(12)19/h4-5,7-9,22H,3,6,10-11H2,1-2H3. The molecule has 2 aromatic carbocycles. The van der Waals surface area contributed by atoms with Gasteiger partial charge in [0.1, 0.15) is 12.4 Å². The van der Waals surface area contributed by atoms with E-state index in [1.54, 1.807) is 19.2 Å². The summed E-state index contributed by atoms with van der Waals surface area (Å²) in [6.07, 6.45) is 1.05. The summed E-state index contributed by atoms with van der Waals surface area (Å²) < 4.78 is 24.2. The molecule has 0 aliphatic carbocycles. The molecule has 0 spiro atoms. The van der Waals surface area contributed by atoms with Gasteiger partial charge in [-0.3, -0.25) is 0 Å².